The molecule has 3 rings (SSSR count). The van der Waals surface area contributed by atoms with Crippen molar-refractivity contribution in [3.05, 3.63) is 42.5 Å². The van der Waals surface area contributed by atoms with Crippen LogP contribution in [0.15, 0.2) is 36.7 Å². The standard InChI is InChI=1S/C16H19N3O4/c1-22-13-4-2-12(3-5-13)19-7-6-17-15(19)10-18-8-9-23-11-14(18)16(20)21/h2-7,14H,8-11H2,1H3,(H,20,21)/t14-/m1/s1. The zero-order valence-corrected chi connectivity index (χ0v) is 12.9. The number of carbonyl (C=O) groups is 1. The first-order valence-electron chi connectivity index (χ1n) is 7.40. The highest BCUT2D eigenvalue weighted by molar-refractivity contribution is 5.73. The molecule has 7 nitrogen and oxygen atoms in total. The van der Waals surface area contributed by atoms with Crippen molar-refractivity contribution in [3.63, 3.8) is 0 Å². The molecule has 0 unspecified atom stereocenters. The Hall–Kier alpha value is -2.38. The zero-order valence-electron chi connectivity index (χ0n) is 12.9. The zero-order chi connectivity index (χ0) is 16.2. The maximum atomic E-state index is 11.4. The third-order valence-electron chi connectivity index (χ3n) is 3.94. The number of hydrogen-bond acceptors (Lipinski definition) is 5. The number of morpholine rings is 1. The van der Waals surface area contributed by atoms with Gasteiger partial charge in [-0.3, -0.25) is 9.69 Å². The van der Waals surface area contributed by atoms with Gasteiger partial charge in [0.1, 0.15) is 17.6 Å². The Morgan fingerprint density at radius 2 is 2.22 bits per heavy atom. The summed E-state index contributed by atoms with van der Waals surface area (Å²) in [5, 5.41) is 9.32. The summed E-state index contributed by atoms with van der Waals surface area (Å²) in [6.07, 6.45) is 3.59. The molecule has 1 aliphatic heterocycles. The molecule has 0 radical (unpaired) electrons. The first-order valence-corrected chi connectivity index (χ1v) is 7.40. The molecule has 1 fully saturated rings. The largest absolute Gasteiger partial charge is 0.497 e. The van der Waals surface area contributed by atoms with Gasteiger partial charge < -0.3 is 19.1 Å². The van der Waals surface area contributed by atoms with Gasteiger partial charge in [-0.25, -0.2) is 4.98 Å². The van der Waals surface area contributed by atoms with Crippen LogP contribution in [0.3, 0.4) is 0 Å². The van der Waals surface area contributed by atoms with E-state index >= 15 is 0 Å². The van der Waals surface area contributed by atoms with Crippen LogP contribution in [-0.4, -0.2) is 58.4 Å². The van der Waals surface area contributed by atoms with Crippen molar-refractivity contribution >= 4 is 5.97 Å². The molecular formula is C16H19N3O4. The molecule has 2 aromatic rings. The number of ether oxygens (including phenoxy) is 2. The van der Waals surface area contributed by atoms with Crippen LogP contribution < -0.4 is 4.74 Å². The van der Waals surface area contributed by atoms with Crippen LogP contribution in [0.5, 0.6) is 5.75 Å². The summed E-state index contributed by atoms with van der Waals surface area (Å²) in [7, 11) is 1.63. The second-order valence-electron chi connectivity index (χ2n) is 5.31. The van der Waals surface area contributed by atoms with Gasteiger partial charge >= 0.3 is 5.97 Å². The van der Waals surface area contributed by atoms with Crippen molar-refractivity contribution in [2.45, 2.75) is 12.6 Å². The van der Waals surface area contributed by atoms with E-state index in [2.05, 4.69) is 4.98 Å². The lowest BCUT2D eigenvalue weighted by molar-refractivity contribution is -0.150. The number of rotatable bonds is 5. The molecule has 122 valence electrons. The molecule has 1 aromatic carbocycles. The summed E-state index contributed by atoms with van der Waals surface area (Å²) in [5.74, 6) is 0.713. The molecular weight excluding hydrogens is 298 g/mol. The molecule has 0 amide bonds. The molecule has 1 atom stereocenters. The van der Waals surface area contributed by atoms with Crippen molar-refractivity contribution in [2.24, 2.45) is 0 Å². The molecule has 7 heteroatoms. The quantitative estimate of drug-likeness (QED) is 0.892. The Kier molecular flexibility index (Phi) is 4.59. The fourth-order valence-corrected chi connectivity index (χ4v) is 2.67. The number of carboxylic acids is 1. The normalized spacial score (nSPS) is 18.7. The van der Waals surface area contributed by atoms with Gasteiger partial charge in [0.15, 0.2) is 0 Å². The summed E-state index contributed by atoms with van der Waals surface area (Å²) in [6.45, 7) is 1.78. The molecule has 1 saturated heterocycles. The molecule has 23 heavy (non-hydrogen) atoms. The molecule has 1 N–H and O–H groups in total. The number of aliphatic carboxylic acids is 1. The first kappa shape index (κ1) is 15.5. The van der Waals surface area contributed by atoms with Crippen molar-refractivity contribution in [1.29, 1.82) is 0 Å². The van der Waals surface area contributed by atoms with Crippen LogP contribution in [-0.2, 0) is 16.1 Å². The van der Waals surface area contributed by atoms with E-state index in [0.29, 0.717) is 19.7 Å². The summed E-state index contributed by atoms with van der Waals surface area (Å²) in [4.78, 5) is 17.6. The summed E-state index contributed by atoms with van der Waals surface area (Å²) in [6, 6.07) is 7.02. The van der Waals surface area contributed by atoms with E-state index in [1.165, 1.54) is 0 Å². The lowest BCUT2D eigenvalue weighted by Crippen LogP contribution is -2.49. The molecule has 0 aliphatic carbocycles. The molecule has 0 bridgehead atoms. The topological polar surface area (TPSA) is 76.8 Å². The Bertz CT molecular complexity index is 668. The Balaban J connectivity index is 1.81. The van der Waals surface area contributed by atoms with Crippen LogP contribution in [0.4, 0.5) is 0 Å². The van der Waals surface area contributed by atoms with E-state index in [-0.39, 0.29) is 6.61 Å². The second-order valence-corrected chi connectivity index (χ2v) is 5.31. The number of nitrogens with zero attached hydrogens (tertiary/aromatic N) is 3. The van der Waals surface area contributed by atoms with Gasteiger partial charge in [0.25, 0.3) is 0 Å². The van der Waals surface area contributed by atoms with Crippen LogP contribution in [0, 0.1) is 0 Å². The molecule has 1 aromatic heterocycles. The number of benzene rings is 1. The molecule has 2 heterocycles. The van der Waals surface area contributed by atoms with Crippen LogP contribution in [0.2, 0.25) is 0 Å². The third kappa shape index (κ3) is 3.35. The fourth-order valence-electron chi connectivity index (χ4n) is 2.67. The number of hydrogen-bond donors (Lipinski definition) is 1. The van der Waals surface area contributed by atoms with Gasteiger partial charge in [0.05, 0.1) is 26.9 Å². The first-order chi connectivity index (χ1) is 11.2. The van der Waals surface area contributed by atoms with Gasteiger partial charge in [-0.15, -0.1) is 0 Å². The molecule has 0 spiro atoms. The van der Waals surface area contributed by atoms with E-state index in [9.17, 15) is 9.90 Å². The predicted octanol–water partition coefficient (Wildman–Crippen LogP) is 1.17. The summed E-state index contributed by atoms with van der Waals surface area (Å²) < 4.78 is 12.4. The minimum absolute atomic E-state index is 0.207. The maximum Gasteiger partial charge on any atom is 0.323 e. The monoisotopic (exact) mass is 317 g/mol. The SMILES string of the molecule is COc1ccc(-n2ccnc2CN2CCOC[C@@H]2C(=O)O)cc1. The van der Waals surface area contributed by atoms with E-state index in [1.807, 2.05) is 39.9 Å². The highest BCUT2D eigenvalue weighted by atomic mass is 16.5. The Morgan fingerprint density at radius 1 is 1.43 bits per heavy atom. The van der Waals surface area contributed by atoms with Crippen molar-refractivity contribution in [1.82, 2.24) is 14.5 Å². The smallest absolute Gasteiger partial charge is 0.323 e. The van der Waals surface area contributed by atoms with Crippen molar-refractivity contribution in [3.8, 4) is 11.4 Å². The van der Waals surface area contributed by atoms with E-state index < -0.39 is 12.0 Å². The highest BCUT2D eigenvalue weighted by Crippen LogP contribution is 2.18. The number of carboxylic acid groups (broad SMARTS) is 1. The van der Waals surface area contributed by atoms with Crippen molar-refractivity contribution < 1.29 is 19.4 Å². The third-order valence-corrected chi connectivity index (χ3v) is 3.94. The van der Waals surface area contributed by atoms with E-state index in [0.717, 1.165) is 17.3 Å². The van der Waals surface area contributed by atoms with Gasteiger partial charge in [-0.05, 0) is 24.3 Å². The number of aromatic nitrogens is 2. The van der Waals surface area contributed by atoms with E-state index in [4.69, 9.17) is 9.47 Å². The van der Waals surface area contributed by atoms with Gasteiger partial charge in [-0.1, -0.05) is 0 Å². The maximum absolute atomic E-state index is 11.4. The average Bonchev–Trinajstić information content (AvgIpc) is 3.03. The minimum atomic E-state index is -0.868. The molecule has 0 saturated carbocycles. The lowest BCUT2D eigenvalue weighted by atomic mass is 10.2. The summed E-state index contributed by atoms with van der Waals surface area (Å²) >= 11 is 0. The lowest BCUT2D eigenvalue weighted by Gasteiger charge is -2.32. The predicted molar refractivity (Wildman–Crippen MR) is 82.8 cm³/mol. The molecule has 1 aliphatic rings. The van der Waals surface area contributed by atoms with Crippen LogP contribution in [0.25, 0.3) is 5.69 Å². The van der Waals surface area contributed by atoms with E-state index in [1.54, 1.807) is 13.3 Å². The van der Waals surface area contributed by atoms with Gasteiger partial charge in [0.2, 0.25) is 0 Å². The second kappa shape index (κ2) is 6.80. The average molecular weight is 317 g/mol. The Morgan fingerprint density at radius 3 is 2.91 bits per heavy atom. The van der Waals surface area contributed by atoms with Gasteiger partial charge in [0, 0.05) is 24.6 Å². The number of imidazole rings is 1. The summed E-state index contributed by atoms with van der Waals surface area (Å²) in [5.41, 5.74) is 0.957. The Labute approximate surface area is 134 Å². The highest BCUT2D eigenvalue weighted by Gasteiger charge is 2.30. The number of methoxy groups -OCH3 is 1. The van der Waals surface area contributed by atoms with Crippen molar-refractivity contribution in [2.75, 3.05) is 26.9 Å². The fraction of sp³-hybridized carbons (Fsp3) is 0.375. The van der Waals surface area contributed by atoms with Crippen LogP contribution >= 0.6 is 0 Å². The van der Waals surface area contributed by atoms with Crippen LogP contribution in [0.1, 0.15) is 5.82 Å². The van der Waals surface area contributed by atoms with Gasteiger partial charge in [-0.2, -0.15) is 0 Å². The minimum Gasteiger partial charge on any atom is -0.497 e.